The van der Waals surface area contributed by atoms with Gasteiger partial charge in [0.05, 0.1) is 25.0 Å². The van der Waals surface area contributed by atoms with Gasteiger partial charge in [0.2, 0.25) is 11.8 Å². The molecule has 0 spiro atoms. The van der Waals surface area contributed by atoms with Crippen molar-refractivity contribution in [2.24, 2.45) is 16.9 Å². The first kappa shape index (κ1) is 20.7. The number of amides is 2. The molecule has 29 heavy (non-hydrogen) atoms. The first-order valence-electron chi connectivity index (χ1n) is 10.3. The van der Waals surface area contributed by atoms with Gasteiger partial charge in [-0.3, -0.25) is 14.5 Å². The van der Waals surface area contributed by atoms with E-state index in [9.17, 15) is 14.4 Å². The molecule has 0 aliphatic carbocycles. The van der Waals surface area contributed by atoms with Crippen LogP contribution in [0.2, 0.25) is 0 Å². The fraction of sp³-hybridized carbons (Fsp3) is 0.750. The number of hydrogen-bond acceptors (Lipinski definition) is 6. The average molecular weight is 424 g/mol. The minimum Gasteiger partial charge on any atom is -0.455 e. The quantitative estimate of drug-likeness (QED) is 0.382. The number of quaternary nitrogens is 1. The van der Waals surface area contributed by atoms with E-state index in [0.29, 0.717) is 18.0 Å². The number of fused-ring (bicyclic) bond motifs is 4. The zero-order valence-corrected chi connectivity index (χ0v) is 18.2. The first-order chi connectivity index (χ1) is 13.5. The molecule has 4 N–H and O–H groups in total. The SMILES string of the molecule is CC(C)(C)OC(=O)C1=C(C[N+]23CCC(C(N)=O)(CC2)CC3)CS[C@H]2[C@H](N)C(=O)N12. The molecule has 2 atom stereocenters. The van der Waals surface area contributed by atoms with Crippen LogP contribution in [0, 0.1) is 5.41 Å². The van der Waals surface area contributed by atoms with E-state index in [1.54, 1.807) is 16.7 Å². The Bertz CT molecular complexity index is 778. The van der Waals surface area contributed by atoms with Gasteiger partial charge in [0.25, 0.3) is 0 Å². The van der Waals surface area contributed by atoms with Crippen molar-refractivity contribution in [1.29, 1.82) is 0 Å². The number of primary amides is 1. The Morgan fingerprint density at radius 1 is 1.24 bits per heavy atom. The minimum atomic E-state index is -0.644. The molecule has 0 aromatic rings. The van der Waals surface area contributed by atoms with Crippen molar-refractivity contribution < 1.29 is 23.6 Å². The van der Waals surface area contributed by atoms with Crippen molar-refractivity contribution in [3.63, 3.8) is 0 Å². The number of rotatable bonds is 4. The largest absolute Gasteiger partial charge is 0.455 e. The molecule has 2 amide bonds. The van der Waals surface area contributed by atoms with E-state index in [1.807, 2.05) is 20.8 Å². The Hall–Kier alpha value is -1.58. The van der Waals surface area contributed by atoms with Crippen molar-refractivity contribution in [2.45, 2.75) is 57.1 Å². The molecule has 5 aliphatic heterocycles. The lowest BCUT2D eigenvalue weighted by molar-refractivity contribution is -0.940. The standard InChI is InChI=1S/C20H30N4O4S/c1-19(2,3)28-17(26)14-12(11-29-16-13(21)15(25)23(14)16)10-24-7-4-20(5-8-24,6-9-24)18(22)27/h13,16H,4-11,21H2,1-3H3,(H-,22,27)/p+1/t13-,16+,20?,24?/m1/s1. The van der Waals surface area contributed by atoms with Gasteiger partial charge in [0.1, 0.15) is 29.3 Å². The average Bonchev–Trinajstić information content (AvgIpc) is 2.66. The van der Waals surface area contributed by atoms with Gasteiger partial charge in [-0.15, -0.1) is 11.8 Å². The molecule has 0 unspecified atom stereocenters. The van der Waals surface area contributed by atoms with Crippen molar-refractivity contribution in [2.75, 3.05) is 31.9 Å². The number of β-lactam (4-membered cyclic amide) rings is 1. The molecular formula is C20H31N4O4S+. The fourth-order valence-electron chi connectivity index (χ4n) is 5.09. The lowest BCUT2D eigenvalue weighted by Crippen LogP contribution is -2.69. The Morgan fingerprint density at radius 3 is 2.34 bits per heavy atom. The summed E-state index contributed by atoms with van der Waals surface area (Å²) in [5, 5.41) is -0.195. The monoisotopic (exact) mass is 423 g/mol. The molecule has 0 aromatic heterocycles. The van der Waals surface area contributed by atoms with Gasteiger partial charge in [0.15, 0.2) is 0 Å². The van der Waals surface area contributed by atoms with Gasteiger partial charge in [0, 0.05) is 30.6 Å². The van der Waals surface area contributed by atoms with E-state index in [2.05, 4.69) is 0 Å². The van der Waals surface area contributed by atoms with Crippen molar-refractivity contribution >= 4 is 29.5 Å². The number of carbonyl (C=O) groups excluding carboxylic acids is 3. The van der Waals surface area contributed by atoms with E-state index in [-0.39, 0.29) is 22.6 Å². The smallest absolute Gasteiger partial charge is 0.355 e. The third kappa shape index (κ3) is 3.37. The highest BCUT2D eigenvalue weighted by Gasteiger charge is 2.56. The molecule has 5 rings (SSSR count). The molecule has 0 saturated carbocycles. The van der Waals surface area contributed by atoms with Gasteiger partial charge < -0.3 is 20.7 Å². The number of nitrogens with zero attached hydrogens (tertiary/aromatic N) is 2. The van der Waals surface area contributed by atoms with E-state index < -0.39 is 17.6 Å². The molecule has 0 radical (unpaired) electrons. The summed E-state index contributed by atoms with van der Waals surface area (Å²) in [6.07, 6.45) is 2.38. The zero-order valence-electron chi connectivity index (χ0n) is 17.4. The fourth-order valence-corrected chi connectivity index (χ4v) is 6.37. The van der Waals surface area contributed by atoms with Crippen molar-refractivity contribution in [1.82, 2.24) is 4.90 Å². The highest BCUT2D eigenvalue weighted by molar-refractivity contribution is 8.00. The van der Waals surface area contributed by atoms with E-state index >= 15 is 0 Å². The highest BCUT2D eigenvalue weighted by atomic mass is 32.2. The van der Waals surface area contributed by atoms with Crippen LogP contribution in [-0.4, -0.2) is 76.1 Å². The highest BCUT2D eigenvalue weighted by Crippen LogP contribution is 2.46. The third-order valence-electron chi connectivity index (χ3n) is 6.92. The molecule has 9 heteroatoms. The maximum atomic E-state index is 13.1. The minimum absolute atomic E-state index is 0.181. The topological polar surface area (TPSA) is 116 Å². The van der Waals surface area contributed by atoms with Crippen LogP contribution >= 0.6 is 11.8 Å². The van der Waals surface area contributed by atoms with Crippen LogP contribution in [0.25, 0.3) is 0 Å². The second-order valence-electron chi connectivity index (χ2n) is 9.95. The number of esters is 1. The molecule has 4 fully saturated rings. The predicted molar refractivity (Wildman–Crippen MR) is 109 cm³/mol. The Kier molecular flexibility index (Phi) is 4.79. The van der Waals surface area contributed by atoms with Crippen molar-refractivity contribution in [3.05, 3.63) is 11.3 Å². The van der Waals surface area contributed by atoms with E-state index in [1.165, 1.54) is 0 Å². The molecule has 5 heterocycles. The third-order valence-corrected chi connectivity index (χ3v) is 8.28. The Balaban J connectivity index is 1.62. The molecule has 4 saturated heterocycles. The first-order valence-corrected chi connectivity index (χ1v) is 11.3. The Morgan fingerprint density at radius 2 is 1.83 bits per heavy atom. The van der Waals surface area contributed by atoms with Crippen LogP contribution in [0.3, 0.4) is 0 Å². The summed E-state index contributed by atoms with van der Waals surface area (Å²) in [5.41, 5.74) is 12.0. The summed E-state index contributed by atoms with van der Waals surface area (Å²) >= 11 is 1.62. The maximum Gasteiger partial charge on any atom is 0.355 e. The number of nitrogens with two attached hydrogens (primary N) is 2. The summed E-state index contributed by atoms with van der Waals surface area (Å²) in [7, 11) is 0. The summed E-state index contributed by atoms with van der Waals surface area (Å²) in [6, 6.07) is -0.563. The summed E-state index contributed by atoms with van der Waals surface area (Å²) in [4.78, 5) is 39.0. The van der Waals surface area contributed by atoms with Crippen LogP contribution < -0.4 is 11.5 Å². The van der Waals surface area contributed by atoms with Crippen LogP contribution in [-0.2, 0) is 19.1 Å². The number of carbonyl (C=O) groups is 3. The molecule has 8 nitrogen and oxygen atoms in total. The van der Waals surface area contributed by atoms with Crippen LogP contribution in [0.1, 0.15) is 40.0 Å². The van der Waals surface area contributed by atoms with E-state index in [4.69, 9.17) is 16.2 Å². The van der Waals surface area contributed by atoms with Gasteiger partial charge in [-0.25, -0.2) is 4.79 Å². The lowest BCUT2D eigenvalue weighted by atomic mass is 9.70. The zero-order chi connectivity index (χ0) is 21.2. The lowest BCUT2D eigenvalue weighted by Gasteiger charge is -2.55. The maximum absolute atomic E-state index is 13.1. The number of ether oxygens (including phenoxy) is 1. The number of thioether (sulfide) groups is 1. The van der Waals surface area contributed by atoms with Gasteiger partial charge in [-0.2, -0.15) is 0 Å². The van der Waals surface area contributed by atoms with Crippen LogP contribution in [0.5, 0.6) is 0 Å². The number of piperidine rings is 3. The van der Waals surface area contributed by atoms with Gasteiger partial charge in [-0.05, 0) is 20.8 Å². The number of hydrogen-bond donors (Lipinski definition) is 2. The second-order valence-corrected chi connectivity index (χ2v) is 11.1. The molecule has 160 valence electrons. The molecular weight excluding hydrogens is 392 g/mol. The summed E-state index contributed by atoms with van der Waals surface area (Å²) in [5.74, 6) is -0.181. The van der Waals surface area contributed by atoms with Crippen LogP contribution in [0.15, 0.2) is 11.3 Å². The normalized spacial score (nSPS) is 36.6. The second kappa shape index (κ2) is 6.72. The van der Waals surface area contributed by atoms with Crippen LogP contribution in [0.4, 0.5) is 0 Å². The summed E-state index contributed by atoms with van der Waals surface area (Å²) < 4.78 is 6.49. The molecule has 2 bridgehead atoms. The summed E-state index contributed by atoms with van der Waals surface area (Å²) in [6.45, 7) is 8.78. The predicted octanol–water partition coefficient (Wildman–Crippen LogP) is 0.311. The van der Waals surface area contributed by atoms with Crippen molar-refractivity contribution in [3.8, 4) is 0 Å². The van der Waals surface area contributed by atoms with E-state index in [0.717, 1.165) is 49.0 Å². The van der Waals surface area contributed by atoms with Gasteiger partial charge >= 0.3 is 5.97 Å². The molecule has 0 aromatic carbocycles. The molecule has 5 aliphatic rings. The Labute approximate surface area is 175 Å². The van der Waals surface area contributed by atoms with Gasteiger partial charge in [-0.1, -0.05) is 0 Å².